The molecule has 0 saturated heterocycles. The molecule has 0 aromatic carbocycles. The highest BCUT2D eigenvalue weighted by atomic mass is 14.7. The molecule has 0 aromatic rings. The maximum absolute atomic E-state index is 2.65. The van der Waals surface area contributed by atoms with Crippen molar-refractivity contribution < 1.29 is 0 Å². The molecule has 2 fully saturated rings. The summed E-state index contributed by atoms with van der Waals surface area (Å²) in [6.45, 7) is 15.0. The summed E-state index contributed by atoms with van der Waals surface area (Å²) in [5.74, 6) is 1.49. The summed E-state index contributed by atoms with van der Waals surface area (Å²) in [5.41, 5.74) is 4.92. The van der Waals surface area contributed by atoms with Crippen LogP contribution in [0, 0.1) is 28.1 Å². The molecule has 0 spiro atoms. The lowest BCUT2D eigenvalue weighted by molar-refractivity contribution is -0.145. The highest BCUT2D eigenvalue weighted by molar-refractivity contribution is 5.35. The van der Waals surface area contributed by atoms with Crippen LogP contribution in [0.5, 0.6) is 0 Å². The molecule has 0 heteroatoms. The molecule has 0 aliphatic heterocycles. The van der Waals surface area contributed by atoms with Gasteiger partial charge in [-0.2, -0.15) is 0 Å². The average molecular weight is 301 g/mol. The van der Waals surface area contributed by atoms with Crippen LogP contribution in [-0.2, 0) is 0 Å². The lowest BCUT2D eigenvalue weighted by Gasteiger charge is -2.66. The largest absolute Gasteiger partial charge is 0.0804 e. The fraction of sp³-hybridized carbons (Fsp3) is 0.818. The molecule has 0 aromatic heterocycles. The van der Waals surface area contributed by atoms with Gasteiger partial charge in [0.25, 0.3) is 0 Å². The van der Waals surface area contributed by atoms with Gasteiger partial charge in [-0.3, -0.25) is 0 Å². The molecule has 0 N–H and O–H groups in total. The topological polar surface area (TPSA) is 0 Å². The fourth-order valence-electron chi connectivity index (χ4n) is 6.29. The van der Waals surface area contributed by atoms with Crippen LogP contribution < -0.4 is 0 Å². The van der Waals surface area contributed by atoms with E-state index < -0.39 is 0 Å². The molecule has 124 valence electrons. The number of allylic oxidation sites excluding steroid dienone is 4. The van der Waals surface area contributed by atoms with E-state index in [4.69, 9.17) is 0 Å². The van der Waals surface area contributed by atoms with E-state index in [1.807, 2.05) is 0 Å². The van der Waals surface area contributed by atoms with Gasteiger partial charge < -0.3 is 0 Å². The summed E-state index contributed by atoms with van der Waals surface area (Å²) in [5, 5.41) is 0. The monoisotopic (exact) mass is 300 g/mol. The summed E-state index contributed by atoms with van der Waals surface area (Å²) >= 11 is 0. The number of hydrogen-bond acceptors (Lipinski definition) is 0. The molecule has 0 amide bonds. The zero-order valence-electron chi connectivity index (χ0n) is 15.8. The van der Waals surface area contributed by atoms with E-state index in [1.165, 1.54) is 44.9 Å². The highest BCUT2D eigenvalue weighted by Crippen LogP contribution is 2.70. The van der Waals surface area contributed by atoms with Crippen LogP contribution in [0.15, 0.2) is 23.3 Å². The predicted octanol–water partition coefficient (Wildman–Crippen LogP) is 6.92. The fourth-order valence-corrected chi connectivity index (χ4v) is 6.29. The van der Waals surface area contributed by atoms with Crippen molar-refractivity contribution in [2.24, 2.45) is 28.1 Å². The summed E-state index contributed by atoms with van der Waals surface area (Å²) in [4.78, 5) is 0. The lowest BCUT2D eigenvalue weighted by Crippen LogP contribution is -2.58. The van der Waals surface area contributed by atoms with Crippen molar-refractivity contribution >= 4 is 0 Å². The molecule has 0 nitrogen and oxygen atoms in total. The Morgan fingerprint density at radius 1 is 1.14 bits per heavy atom. The molecule has 4 unspecified atom stereocenters. The molecular weight excluding hydrogens is 264 g/mol. The van der Waals surface area contributed by atoms with Gasteiger partial charge in [-0.15, -0.1) is 0 Å². The Hall–Kier alpha value is -0.520. The minimum absolute atomic E-state index is 0.499. The zero-order valence-corrected chi connectivity index (χ0v) is 15.8. The normalized spacial score (nSPS) is 45.0. The van der Waals surface area contributed by atoms with Gasteiger partial charge in [0.05, 0.1) is 0 Å². The Morgan fingerprint density at radius 3 is 2.50 bits per heavy atom. The van der Waals surface area contributed by atoms with Crippen LogP contribution in [0.2, 0.25) is 0 Å². The minimum atomic E-state index is 0.499. The van der Waals surface area contributed by atoms with Crippen molar-refractivity contribution in [1.29, 1.82) is 0 Å². The van der Waals surface area contributed by atoms with Gasteiger partial charge in [0.2, 0.25) is 0 Å². The maximum Gasteiger partial charge on any atom is -0.0106 e. The Kier molecular flexibility index (Phi) is 3.90. The van der Waals surface area contributed by atoms with Crippen LogP contribution in [0.4, 0.5) is 0 Å². The molecular formula is C22H36. The third-order valence-electron chi connectivity index (χ3n) is 8.54. The SMILES string of the molecule is CCC1(C)CCCC2(C)C3CC=C(C(C)C)C=C3CCC12C. The van der Waals surface area contributed by atoms with E-state index in [1.54, 1.807) is 11.1 Å². The van der Waals surface area contributed by atoms with Gasteiger partial charge in [0.15, 0.2) is 0 Å². The average Bonchev–Trinajstić information content (AvgIpc) is 2.49. The van der Waals surface area contributed by atoms with Gasteiger partial charge in [-0.05, 0) is 65.8 Å². The van der Waals surface area contributed by atoms with E-state index >= 15 is 0 Å². The quantitative estimate of drug-likeness (QED) is 0.519. The van der Waals surface area contributed by atoms with Crippen LogP contribution in [0.25, 0.3) is 0 Å². The van der Waals surface area contributed by atoms with Gasteiger partial charge in [-0.25, -0.2) is 0 Å². The summed E-state index contributed by atoms with van der Waals surface area (Å²) in [7, 11) is 0. The first-order chi connectivity index (χ1) is 10.3. The lowest BCUT2D eigenvalue weighted by atomic mass is 9.38. The van der Waals surface area contributed by atoms with Gasteiger partial charge in [0.1, 0.15) is 0 Å². The molecule has 3 aliphatic rings. The summed E-state index contributed by atoms with van der Waals surface area (Å²) < 4.78 is 0. The molecule has 3 aliphatic carbocycles. The van der Waals surface area contributed by atoms with Crippen LogP contribution in [0.3, 0.4) is 0 Å². The second kappa shape index (κ2) is 5.25. The van der Waals surface area contributed by atoms with Crippen molar-refractivity contribution in [1.82, 2.24) is 0 Å². The Morgan fingerprint density at radius 2 is 1.86 bits per heavy atom. The first kappa shape index (κ1) is 16.3. The van der Waals surface area contributed by atoms with Crippen LogP contribution in [-0.4, -0.2) is 0 Å². The standard InChI is InChI=1S/C22H36/c1-7-20(4)12-8-13-21(5)19-10-9-17(16(2)3)15-18(19)11-14-22(20,21)6/h9,15-16,19H,7-8,10-14H2,1-6H3. The number of hydrogen-bond donors (Lipinski definition) is 0. The van der Waals surface area contributed by atoms with E-state index in [2.05, 4.69) is 53.7 Å². The molecule has 0 radical (unpaired) electrons. The smallest absolute Gasteiger partial charge is 0.0106 e. The van der Waals surface area contributed by atoms with E-state index in [9.17, 15) is 0 Å². The van der Waals surface area contributed by atoms with Gasteiger partial charge in [-0.1, -0.05) is 72.1 Å². The summed E-state index contributed by atoms with van der Waals surface area (Å²) in [6.07, 6.45) is 14.8. The molecule has 4 atom stereocenters. The Balaban J connectivity index is 2.00. The highest BCUT2D eigenvalue weighted by Gasteiger charge is 2.61. The van der Waals surface area contributed by atoms with Crippen molar-refractivity contribution in [2.45, 2.75) is 86.5 Å². The van der Waals surface area contributed by atoms with Gasteiger partial charge in [0, 0.05) is 0 Å². The molecule has 22 heavy (non-hydrogen) atoms. The second-order valence-electron chi connectivity index (χ2n) is 9.38. The third-order valence-corrected chi connectivity index (χ3v) is 8.54. The predicted molar refractivity (Wildman–Crippen MR) is 96.8 cm³/mol. The summed E-state index contributed by atoms with van der Waals surface area (Å²) in [6, 6.07) is 0. The van der Waals surface area contributed by atoms with Crippen molar-refractivity contribution in [2.75, 3.05) is 0 Å². The minimum Gasteiger partial charge on any atom is -0.0804 e. The Bertz CT molecular complexity index is 508. The molecule has 2 saturated carbocycles. The van der Waals surface area contributed by atoms with E-state index in [0.29, 0.717) is 22.2 Å². The number of fused-ring (bicyclic) bond motifs is 3. The first-order valence-corrected chi connectivity index (χ1v) is 9.68. The van der Waals surface area contributed by atoms with E-state index in [0.717, 1.165) is 5.92 Å². The van der Waals surface area contributed by atoms with E-state index in [-0.39, 0.29) is 0 Å². The third kappa shape index (κ3) is 2.01. The molecule has 3 rings (SSSR count). The second-order valence-corrected chi connectivity index (χ2v) is 9.38. The molecule has 0 bridgehead atoms. The zero-order chi connectivity index (χ0) is 16.2. The number of rotatable bonds is 2. The molecule has 0 heterocycles. The van der Waals surface area contributed by atoms with Crippen LogP contribution >= 0.6 is 0 Å². The Labute approximate surface area is 138 Å². The van der Waals surface area contributed by atoms with Gasteiger partial charge >= 0.3 is 0 Å². The van der Waals surface area contributed by atoms with Crippen molar-refractivity contribution in [3.05, 3.63) is 23.3 Å². The van der Waals surface area contributed by atoms with Crippen LogP contribution in [0.1, 0.15) is 86.5 Å². The van der Waals surface area contributed by atoms with Crippen molar-refractivity contribution in [3.63, 3.8) is 0 Å². The maximum atomic E-state index is 2.65. The van der Waals surface area contributed by atoms with Crippen molar-refractivity contribution in [3.8, 4) is 0 Å². The first-order valence-electron chi connectivity index (χ1n) is 9.68.